The van der Waals surface area contributed by atoms with Gasteiger partial charge in [-0.25, -0.2) is 0 Å². The molecule has 1 aliphatic heterocycles. The van der Waals surface area contributed by atoms with Crippen LogP contribution in [0.15, 0.2) is 0 Å². The maximum absolute atomic E-state index is 3.97. The topological polar surface area (TPSA) is 32.1 Å². The van der Waals surface area contributed by atoms with Gasteiger partial charge < -0.3 is 10.6 Å². The fourth-order valence-electron chi connectivity index (χ4n) is 2.13. The summed E-state index contributed by atoms with van der Waals surface area (Å²) in [5, 5.41) is 0. The molecule has 1 rings (SSSR count). The average molecular weight is 158 g/mol. The number of likely N-dealkylation sites (tertiary alicyclic amines) is 1. The number of rotatable bonds is 2. The van der Waals surface area contributed by atoms with Crippen LogP contribution in [-0.4, -0.2) is 25.2 Å². The maximum Gasteiger partial charge on any atom is 0.134 e. The van der Waals surface area contributed by atoms with Crippen molar-refractivity contribution in [1.82, 2.24) is 0 Å². The van der Waals surface area contributed by atoms with E-state index in [0.29, 0.717) is 0 Å². The quantitative estimate of drug-likeness (QED) is 0.521. The minimum absolute atomic E-state index is 0.769. The Balaban J connectivity index is 2.40. The fraction of sp³-hybridized carbons (Fsp3) is 1.00. The molecule has 0 aromatic heterocycles. The SMILES string of the molecule is C[C@@H]1CCCC[NH+]1[C@@H](C)C[NH3+]. The van der Waals surface area contributed by atoms with Gasteiger partial charge in [0, 0.05) is 0 Å². The molecule has 1 unspecified atom stereocenters. The number of hydrogen-bond acceptors (Lipinski definition) is 0. The van der Waals surface area contributed by atoms with Crippen LogP contribution in [0.3, 0.4) is 0 Å². The van der Waals surface area contributed by atoms with Gasteiger partial charge in [0.1, 0.15) is 12.6 Å². The van der Waals surface area contributed by atoms with Crippen LogP contribution in [-0.2, 0) is 0 Å². The van der Waals surface area contributed by atoms with E-state index in [9.17, 15) is 0 Å². The lowest BCUT2D eigenvalue weighted by molar-refractivity contribution is -0.955. The second-order valence-electron chi connectivity index (χ2n) is 3.91. The third kappa shape index (κ3) is 2.17. The summed E-state index contributed by atoms with van der Waals surface area (Å²) in [6.45, 7) is 7.16. The van der Waals surface area contributed by atoms with Gasteiger partial charge >= 0.3 is 0 Å². The van der Waals surface area contributed by atoms with E-state index in [4.69, 9.17) is 0 Å². The molecule has 3 atom stereocenters. The van der Waals surface area contributed by atoms with Crippen molar-refractivity contribution < 1.29 is 10.6 Å². The Hall–Kier alpha value is -0.0800. The van der Waals surface area contributed by atoms with Crippen molar-refractivity contribution >= 4 is 0 Å². The standard InChI is InChI=1S/C9H20N2/c1-8-5-3-4-6-11(8)9(2)7-10/h8-9H,3-7,10H2,1-2H3/p+2/t8-,9+/m1/s1. The Kier molecular flexibility index (Phi) is 3.34. The van der Waals surface area contributed by atoms with Gasteiger partial charge in [-0.05, 0) is 33.1 Å². The summed E-state index contributed by atoms with van der Waals surface area (Å²) in [4.78, 5) is 1.78. The van der Waals surface area contributed by atoms with E-state index in [2.05, 4.69) is 19.6 Å². The van der Waals surface area contributed by atoms with E-state index in [-0.39, 0.29) is 0 Å². The van der Waals surface area contributed by atoms with E-state index in [1.54, 1.807) is 4.90 Å². The Morgan fingerprint density at radius 2 is 2.27 bits per heavy atom. The first kappa shape index (κ1) is 9.01. The monoisotopic (exact) mass is 158 g/mol. The summed E-state index contributed by atoms with van der Waals surface area (Å²) >= 11 is 0. The average Bonchev–Trinajstić information content (AvgIpc) is 2.04. The zero-order valence-corrected chi connectivity index (χ0v) is 7.90. The molecule has 1 fully saturated rings. The predicted molar refractivity (Wildman–Crippen MR) is 46.4 cm³/mol. The first-order chi connectivity index (χ1) is 5.25. The van der Waals surface area contributed by atoms with Gasteiger partial charge in [-0.2, -0.15) is 0 Å². The summed E-state index contributed by atoms with van der Waals surface area (Å²) < 4.78 is 0. The molecule has 0 bridgehead atoms. The van der Waals surface area contributed by atoms with Gasteiger partial charge in [0.25, 0.3) is 0 Å². The second kappa shape index (κ2) is 4.07. The number of nitrogens with one attached hydrogen (secondary N) is 1. The van der Waals surface area contributed by atoms with Crippen LogP contribution >= 0.6 is 0 Å². The van der Waals surface area contributed by atoms with Gasteiger partial charge in [0.05, 0.1) is 12.6 Å². The number of piperidine rings is 1. The minimum atomic E-state index is 0.769. The largest absolute Gasteiger partial charge is 0.353 e. The van der Waals surface area contributed by atoms with E-state index in [1.807, 2.05) is 0 Å². The first-order valence-electron chi connectivity index (χ1n) is 4.90. The van der Waals surface area contributed by atoms with E-state index in [0.717, 1.165) is 18.6 Å². The summed E-state index contributed by atoms with van der Waals surface area (Å²) in [5.41, 5.74) is 3.97. The van der Waals surface area contributed by atoms with Crippen molar-refractivity contribution in [3.63, 3.8) is 0 Å². The Morgan fingerprint density at radius 1 is 1.55 bits per heavy atom. The lowest BCUT2D eigenvalue weighted by Crippen LogP contribution is -3.20. The van der Waals surface area contributed by atoms with Crippen LogP contribution in [0.25, 0.3) is 0 Å². The maximum atomic E-state index is 3.97. The smallest absolute Gasteiger partial charge is 0.134 e. The van der Waals surface area contributed by atoms with Crippen molar-refractivity contribution in [2.75, 3.05) is 13.1 Å². The molecule has 66 valence electrons. The highest BCUT2D eigenvalue weighted by Crippen LogP contribution is 2.02. The Labute approximate surface area is 69.8 Å². The lowest BCUT2D eigenvalue weighted by Gasteiger charge is -2.33. The molecule has 0 saturated carbocycles. The second-order valence-corrected chi connectivity index (χ2v) is 3.91. The Bertz CT molecular complexity index is 110. The number of quaternary nitrogens is 2. The molecule has 0 spiro atoms. The molecule has 4 N–H and O–H groups in total. The molecule has 1 heterocycles. The van der Waals surface area contributed by atoms with Crippen LogP contribution in [0.2, 0.25) is 0 Å². The predicted octanol–water partition coefficient (Wildman–Crippen LogP) is -0.926. The molecule has 1 saturated heterocycles. The zero-order chi connectivity index (χ0) is 8.27. The molecule has 11 heavy (non-hydrogen) atoms. The van der Waals surface area contributed by atoms with Crippen LogP contribution in [0, 0.1) is 0 Å². The molecule has 1 aliphatic rings. The Morgan fingerprint density at radius 3 is 2.82 bits per heavy atom. The van der Waals surface area contributed by atoms with Crippen LogP contribution < -0.4 is 10.6 Å². The molecule has 2 nitrogen and oxygen atoms in total. The van der Waals surface area contributed by atoms with Crippen LogP contribution in [0.5, 0.6) is 0 Å². The molecule has 2 heteroatoms. The summed E-state index contributed by atoms with van der Waals surface area (Å²) in [5.74, 6) is 0. The molecule has 0 aromatic rings. The van der Waals surface area contributed by atoms with Gasteiger partial charge in [0.2, 0.25) is 0 Å². The van der Waals surface area contributed by atoms with Gasteiger partial charge in [-0.3, -0.25) is 0 Å². The highest BCUT2D eigenvalue weighted by molar-refractivity contribution is 4.58. The molecule has 0 amide bonds. The van der Waals surface area contributed by atoms with Crippen LogP contribution in [0.4, 0.5) is 0 Å². The molecule has 0 aliphatic carbocycles. The van der Waals surface area contributed by atoms with Gasteiger partial charge in [-0.1, -0.05) is 0 Å². The molecular weight excluding hydrogens is 136 g/mol. The first-order valence-corrected chi connectivity index (χ1v) is 4.90. The fourth-order valence-corrected chi connectivity index (χ4v) is 2.13. The highest BCUT2D eigenvalue weighted by Gasteiger charge is 2.26. The van der Waals surface area contributed by atoms with E-state index < -0.39 is 0 Å². The number of hydrogen-bond donors (Lipinski definition) is 2. The van der Waals surface area contributed by atoms with E-state index in [1.165, 1.54) is 25.8 Å². The molecular formula is C9H22N2+2. The van der Waals surface area contributed by atoms with Crippen molar-refractivity contribution in [2.45, 2.75) is 45.2 Å². The van der Waals surface area contributed by atoms with Crippen molar-refractivity contribution in [3.05, 3.63) is 0 Å². The summed E-state index contributed by atoms with van der Waals surface area (Å²) in [6.07, 6.45) is 4.28. The molecule has 0 radical (unpaired) electrons. The third-order valence-electron chi connectivity index (χ3n) is 3.05. The minimum Gasteiger partial charge on any atom is -0.353 e. The summed E-state index contributed by atoms with van der Waals surface area (Å²) in [7, 11) is 0. The third-order valence-corrected chi connectivity index (χ3v) is 3.05. The zero-order valence-electron chi connectivity index (χ0n) is 7.90. The van der Waals surface area contributed by atoms with Crippen molar-refractivity contribution in [3.8, 4) is 0 Å². The van der Waals surface area contributed by atoms with Crippen molar-refractivity contribution in [1.29, 1.82) is 0 Å². The normalized spacial score (nSPS) is 35.2. The van der Waals surface area contributed by atoms with E-state index >= 15 is 0 Å². The van der Waals surface area contributed by atoms with Crippen LogP contribution in [0.1, 0.15) is 33.1 Å². The van der Waals surface area contributed by atoms with Crippen molar-refractivity contribution in [2.24, 2.45) is 0 Å². The lowest BCUT2D eigenvalue weighted by atomic mass is 10.0. The molecule has 0 aromatic carbocycles. The van der Waals surface area contributed by atoms with Gasteiger partial charge in [0.15, 0.2) is 0 Å². The highest BCUT2D eigenvalue weighted by atomic mass is 15.2. The summed E-state index contributed by atoms with van der Waals surface area (Å²) in [6, 6.07) is 1.64. The van der Waals surface area contributed by atoms with Gasteiger partial charge in [-0.15, -0.1) is 0 Å².